The minimum Gasteiger partial charge on any atom is -0.504 e. The highest BCUT2D eigenvalue weighted by atomic mass is 16.3. The van der Waals surface area contributed by atoms with Gasteiger partial charge in [-0.1, -0.05) is 6.07 Å². The summed E-state index contributed by atoms with van der Waals surface area (Å²) in [6.07, 6.45) is 2.31. The van der Waals surface area contributed by atoms with Crippen LogP contribution in [-0.4, -0.2) is 51.2 Å². The number of aliphatic hydroxyl groups is 1. The smallest absolute Gasteiger partial charge is 0.161 e. The zero-order chi connectivity index (χ0) is 15.7. The largest absolute Gasteiger partial charge is 0.504 e. The lowest BCUT2D eigenvalue weighted by Gasteiger charge is -2.62. The summed E-state index contributed by atoms with van der Waals surface area (Å²) in [4.78, 5) is 14.3. The van der Waals surface area contributed by atoms with Gasteiger partial charge < -0.3 is 20.2 Å². The molecule has 1 aromatic carbocycles. The van der Waals surface area contributed by atoms with Crippen LogP contribution in [0, 0.1) is 0 Å². The maximum atomic E-state index is 12.2. The van der Waals surface area contributed by atoms with Crippen molar-refractivity contribution < 1.29 is 20.1 Å². The van der Waals surface area contributed by atoms with Gasteiger partial charge in [0.05, 0.1) is 5.60 Å². The summed E-state index contributed by atoms with van der Waals surface area (Å²) in [6.45, 7) is 0.773. The number of ketones is 1. The molecule has 1 saturated carbocycles. The van der Waals surface area contributed by atoms with E-state index in [1.807, 2.05) is 13.1 Å². The lowest BCUT2D eigenvalue weighted by Crippen LogP contribution is -2.72. The second-order valence-corrected chi connectivity index (χ2v) is 7.14. The van der Waals surface area contributed by atoms with Gasteiger partial charge in [0.25, 0.3) is 0 Å². The molecule has 3 atom stereocenters. The van der Waals surface area contributed by atoms with Gasteiger partial charge in [0, 0.05) is 29.9 Å². The number of fused-ring (bicyclic) bond motifs is 1. The third kappa shape index (κ3) is 1.48. The Morgan fingerprint density at radius 2 is 2.05 bits per heavy atom. The van der Waals surface area contributed by atoms with Gasteiger partial charge in [0.1, 0.15) is 5.78 Å². The highest BCUT2D eigenvalue weighted by Gasteiger charge is 2.65. The molecule has 1 heterocycles. The van der Waals surface area contributed by atoms with Crippen molar-refractivity contribution in [1.29, 1.82) is 0 Å². The fraction of sp³-hybridized carbons (Fsp3) is 0.588. The van der Waals surface area contributed by atoms with Crippen LogP contribution in [0.3, 0.4) is 0 Å². The second-order valence-electron chi connectivity index (χ2n) is 7.14. The fourth-order valence-corrected chi connectivity index (χ4v) is 5.11. The molecule has 2 unspecified atom stereocenters. The SMILES string of the molecule is CN1CCC23CC(=O)CC[C@@]2(O)C1Cc1ccc(O)c(O)c13. The molecule has 2 bridgehead atoms. The summed E-state index contributed by atoms with van der Waals surface area (Å²) in [5.74, 6) is -0.205. The molecule has 3 aliphatic rings. The van der Waals surface area contributed by atoms with E-state index in [4.69, 9.17) is 0 Å². The Kier molecular flexibility index (Phi) is 2.70. The topological polar surface area (TPSA) is 81.0 Å². The zero-order valence-electron chi connectivity index (χ0n) is 12.7. The van der Waals surface area contributed by atoms with Crippen LogP contribution in [0.1, 0.15) is 36.8 Å². The van der Waals surface area contributed by atoms with E-state index in [0.29, 0.717) is 31.2 Å². The number of likely N-dealkylation sites (tertiary alicyclic amines) is 1. The van der Waals surface area contributed by atoms with E-state index < -0.39 is 11.0 Å². The third-order valence-corrected chi connectivity index (χ3v) is 6.22. The predicted molar refractivity (Wildman–Crippen MR) is 80.0 cm³/mol. The van der Waals surface area contributed by atoms with E-state index in [9.17, 15) is 20.1 Å². The first-order valence-electron chi connectivity index (χ1n) is 7.88. The van der Waals surface area contributed by atoms with Crippen molar-refractivity contribution in [2.24, 2.45) is 0 Å². The standard InChI is InChI=1S/C17H21NO4/c1-18-7-6-16-9-11(19)4-5-17(16,22)13(18)8-10-2-3-12(20)15(21)14(10)16/h2-3,13,20-22H,4-9H2,1H3/t13?,16?,17-/m1/s1. The number of carbonyl (C=O) groups excluding carboxylic acids is 1. The van der Waals surface area contributed by atoms with Gasteiger partial charge in [-0.3, -0.25) is 4.79 Å². The van der Waals surface area contributed by atoms with Crippen LogP contribution < -0.4 is 0 Å². The van der Waals surface area contributed by atoms with E-state index in [1.165, 1.54) is 6.07 Å². The number of phenolic OH excluding ortho intramolecular Hbond substituents is 2. The lowest BCUT2D eigenvalue weighted by molar-refractivity contribution is -0.169. The minimum atomic E-state index is -1.02. The Balaban J connectivity index is 2.02. The monoisotopic (exact) mass is 303 g/mol. The summed E-state index contributed by atoms with van der Waals surface area (Å²) < 4.78 is 0. The Morgan fingerprint density at radius 1 is 1.27 bits per heavy atom. The van der Waals surface area contributed by atoms with Crippen LogP contribution in [0.25, 0.3) is 0 Å². The number of nitrogens with zero attached hydrogens (tertiary/aromatic N) is 1. The summed E-state index contributed by atoms with van der Waals surface area (Å²) in [5.41, 5.74) is -0.249. The first-order chi connectivity index (χ1) is 10.4. The van der Waals surface area contributed by atoms with Gasteiger partial charge in [-0.15, -0.1) is 0 Å². The van der Waals surface area contributed by atoms with Crippen molar-refractivity contribution in [3.63, 3.8) is 0 Å². The molecule has 118 valence electrons. The predicted octanol–water partition coefficient (Wildman–Crippen LogP) is 1.08. The molecule has 22 heavy (non-hydrogen) atoms. The average molecular weight is 303 g/mol. The number of Topliss-reactive ketones (excluding diaryl/α,β-unsaturated/α-hetero) is 1. The Labute approximate surface area is 129 Å². The molecule has 2 fully saturated rings. The van der Waals surface area contributed by atoms with Crippen molar-refractivity contribution in [1.82, 2.24) is 4.90 Å². The Hall–Kier alpha value is -1.59. The maximum Gasteiger partial charge on any atom is 0.161 e. The van der Waals surface area contributed by atoms with Crippen LogP contribution in [-0.2, 0) is 16.6 Å². The zero-order valence-corrected chi connectivity index (χ0v) is 12.7. The molecule has 5 nitrogen and oxygen atoms in total. The van der Waals surface area contributed by atoms with Crippen molar-refractivity contribution in [2.75, 3.05) is 13.6 Å². The molecule has 0 spiro atoms. The molecular formula is C17H21NO4. The van der Waals surface area contributed by atoms with E-state index in [0.717, 1.165) is 12.1 Å². The quantitative estimate of drug-likeness (QED) is 0.625. The van der Waals surface area contributed by atoms with Crippen LogP contribution in [0.2, 0.25) is 0 Å². The first-order valence-corrected chi connectivity index (χ1v) is 7.88. The molecule has 1 saturated heterocycles. The van der Waals surface area contributed by atoms with Crippen LogP contribution >= 0.6 is 0 Å². The lowest BCUT2D eigenvalue weighted by atomic mass is 9.49. The first kappa shape index (κ1) is 14.0. The normalized spacial score (nSPS) is 37.5. The Bertz CT molecular complexity index is 673. The molecule has 1 aromatic rings. The average Bonchev–Trinajstić information content (AvgIpc) is 2.47. The highest BCUT2D eigenvalue weighted by Crippen LogP contribution is 2.60. The van der Waals surface area contributed by atoms with Crippen molar-refractivity contribution in [2.45, 2.75) is 49.2 Å². The Morgan fingerprint density at radius 3 is 2.82 bits per heavy atom. The molecule has 4 rings (SSSR count). The molecule has 2 aliphatic carbocycles. The fourth-order valence-electron chi connectivity index (χ4n) is 5.11. The van der Waals surface area contributed by atoms with E-state index in [-0.39, 0.29) is 29.7 Å². The van der Waals surface area contributed by atoms with Gasteiger partial charge in [-0.2, -0.15) is 0 Å². The number of likely N-dealkylation sites (N-methyl/N-ethyl adjacent to an activating group) is 1. The number of hydrogen-bond acceptors (Lipinski definition) is 5. The van der Waals surface area contributed by atoms with Crippen LogP contribution in [0.4, 0.5) is 0 Å². The van der Waals surface area contributed by atoms with Crippen LogP contribution in [0.5, 0.6) is 11.5 Å². The summed E-state index contributed by atoms with van der Waals surface area (Å²) in [6, 6.07) is 3.26. The van der Waals surface area contributed by atoms with Gasteiger partial charge in [-0.05, 0) is 44.5 Å². The summed E-state index contributed by atoms with van der Waals surface area (Å²) in [5, 5.41) is 31.9. The number of carbonyl (C=O) groups is 1. The molecule has 0 amide bonds. The van der Waals surface area contributed by atoms with E-state index in [1.54, 1.807) is 0 Å². The van der Waals surface area contributed by atoms with E-state index >= 15 is 0 Å². The molecule has 5 heteroatoms. The molecular weight excluding hydrogens is 282 g/mol. The van der Waals surface area contributed by atoms with Crippen molar-refractivity contribution >= 4 is 5.78 Å². The third-order valence-electron chi connectivity index (χ3n) is 6.22. The van der Waals surface area contributed by atoms with Crippen molar-refractivity contribution in [3.05, 3.63) is 23.3 Å². The molecule has 0 radical (unpaired) electrons. The molecule has 0 aromatic heterocycles. The van der Waals surface area contributed by atoms with Gasteiger partial charge in [-0.25, -0.2) is 0 Å². The van der Waals surface area contributed by atoms with Gasteiger partial charge in [0.2, 0.25) is 0 Å². The van der Waals surface area contributed by atoms with E-state index in [2.05, 4.69) is 4.90 Å². The molecule has 3 N–H and O–H groups in total. The molecule has 1 aliphatic heterocycles. The number of phenols is 2. The van der Waals surface area contributed by atoms with Gasteiger partial charge in [0.15, 0.2) is 11.5 Å². The highest BCUT2D eigenvalue weighted by molar-refractivity contribution is 5.83. The summed E-state index contributed by atoms with van der Waals surface area (Å²) >= 11 is 0. The van der Waals surface area contributed by atoms with Gasteiger partial charge >= 0.3 is 0 Å². The van der Waals surface area contributed by atoms with Crippen molar-refractivity contribution in [3.8, 4) is 11.5 Å². The number of hydrogen-bond donors (Lipinski definition) is 3. The number of benzene rings is 1. The second kappa shape index (κ2) is 4.24. The van der Waals surface area contributed by atoms with Crippen LogP contribution in [0.15, 0.2) is 12.1 Å². The number of piperidine rings is 1. The number of rotatable bonds is 0. The minimum absolute atomic E-state index is 0.0502. The maximum absolute atomic E-state index is 12.2. The number of aromatic hydroxyl groups is 2. The summed E-state index contributed by atoms with van der Waals surface area (Å²) in [7, 11) is 2.01.